The average Bonchev–Trinajstić information content (AvgIpc) is 1.61. The van der Waals surface area contributed by atoms with E-state index in [9.17, 15) is 33.9 Å². The number of nitrogens with zero attached hydrogens (tertiary/aromatic N) is 9. The number of benzene rings is 6. The molecule has 27 heteroatoms. The number of ketones is 2. The Hall–Kier alpha value is -9.63. The van der Waals surface area contributed by atoms with E-state index in [0.717, 1.165) is 257 Å². The minimum atomic E-state index is -0.958. The first-order chi connectivity index (χ1) is 68.8. The number of rotatable bonds is 25. The number of morpholine rings is 4. The molecule has 0 bridgehead atoms. The van der Waals surface area contributed by atoms with Crippen molar-refractivity contribution in [2.24, 2.45) is 0 Å². The number of carbonyl (C=O) groups excluding carboxylic acids is 5. The first-order valence-corrected chi connectivity index (χ1v) is 54.3. The minimum absolute atomic E-state index is 0.113. The lowest BCUT2D eigenvalue weighted by atomic mass is 9.78. The highest BCUT2D eigenvalue weighted by Crippen LogP contribution is 2.45. The number of aromatic carboxylic acids is 1. The van der Waals surface area contributed by atoms with Gasteiger partial charge >= 0.3 is 23.9 Å². The number of piperidine rings is 4. The van der Waals surface area contributed by atoms with E-state index in [1.807, 2.05) is 93.5 Å². The number of halogens is 1. The molecule has 0 amide bonds. The fourth-order valence-corrected chi connectivity index (χ4v) is 22.4. The number of carboxylic acids is 1. The third-order valence-electron chi connectivity index (χ3n) is 30.4. The Morgan fingerprint density at radius 2 is 0.676 bits per heavy atom. The Kier molecular flexibility index (Phi) is 39.8. The normalized spacial score (nSPS) is 18.0. The first kappa shape index (κ1) is 114. The number of aryl methyl sites for hydroxylation is 4. The molecule has 4 N–H and O–H groups in total. The molecular weight excluding hydrogens is 1940 g/mol. The summed E-state index contributed by atoms with van der Waals surface area (Å²) in [6.07, 6.45) is 13.0. The molecule has 0 unspecified atom stereocenters. The lowest BCUT2D eigenvalue weighted by Gasteiger charge is -2.41. The molecule has 10 heterocycles. The van der Waals surface area contributed by atoms with Crippen LogP contribution in [0.4, 0.5) is 28.4 Å². The highest BCUT2D eigenvalue weighted by molar-refractivity contribution is 14.1. The predicted molar refractivity (Wildman–Crippen MR) is 590 cm³/mol. The molecule has 8 saturated heterocycles. The smallest absolute Gasteiger partial charge is 0.341 e. The van der Waals surface area contributed by atoms with Crippen molar-refractivity contribution in [2.75, 3.05) is 172 Å². The largest absolute Gasteiger partial charge is 0.478 e. The number of carbonyl (C=O) groups is 6. The van der Waals surface area contributed by atoms with Crippen LogP contribution in [0.2, 0.25) is 0 Å². The predicted octanol–water partition coefficient (Wildman–Crippen LogP) is 21.1. The SMILES string of the molecule is C1CC(N2CCOCC2)CCN1.CCc1ccc(C(C)(C)C(=O)CC(=O)OC(C)(C)C)cc1I.CCc1ccc(C(C)(C)C(=O)CC(=O)OC(C)(C)C)cc1N1CCC(N2CCOCC2)CC1.[C-]#[N+]c1ccc2c(C(=O)O)c(C(C)(C)c3ccc(CC)c(N4CCC(N5CCOCC5)CC4)c3)[nH]c2c1.[C-]#[N+]c1ccc2c(C(=O)OC(C)(C)C)c(C(C)(C)c3ccc(CC)c(N4CCC(N5CCOCC5)CC4)c3)[nH]c2c1. The number of esters is 3. The molecule has 0 atom stereocenters. The number of anilines is 3. The Labute approximate surface area is 877 Å². The first-order valence-electron chi connectivity index (χ1n) is 53.3. The van der Waals surface area contributed by atoms with Crippen LogP contribution in [-0.2, 0) is 99.7 Å². The van der Waals surface area contributed by atoms with E-state index in [1.165, 1.54) is 65.2 Å². The molecule has 16 rings (SSSR count). The van der Waals surface area contributed by atoms with Crippen LogP contribution in [0.15, 0.2) is 109 Å². The van der Waals surface area contributed by atoms with E-state index in [-0.39, 0.29) is 35.9 Å². The summed E-state index contributed by atoms with van der Waals surface area (Å²) in [6.45, 7) is 80.0. The molecule has 8 aliphatic heterocycles. The molecule has 8 aromatic rings. The van der Waals surface area contributed by atoms with Crippen LogP contribution in [0.25, 0.3) is 31.5 Å². The number of aromatic amines is 2. The number of hydrogen-bond donors (Lipinski definition) is 4. The Bertz CT molecular complexity index is 5790. The van der Waals surface area contributed by atoms with Crippen molar-refractivity contribution >= 4 is 108 Å². The van der Waals surface area contributed by atoms with Gasteiger partial charge in [0.05, 0.1) is 77.1 Å². The van der Waals surface area contributed by atoms with Crippen molar-refractivity contribution < 1.29 is 67.0 Å². The molecule has 8 fully saturated rings. The second-order valence-corrected chi connectivity index (χ2v) is 46.3. The zero-order chi connectivity index (χ0) is 105. The topological polar surface area (TPSA) is 262 Å². The molecule has 0 spiro atoms. The molecule has 145 heavy (non-hydrogen) atoms. The fourth-order valence-electron chi connectivity index (χ4n) is 21.5. The Morgan fingerprint density at radius 1 is 0.379 bits per heavy atom. The number of hydrogen-bond acceptors (Lipinski definition) is 21. The Morgan fingerprint density at radius 3 is 0.986 bits per heavy atom. The van der Waals surface area contributed by atoms with Gasteiger partial charge in [-0.25, -0.2) is 19.3 Å². The number of nitrogens with one attached hydrogen (secondary N) is 3. The van der Waals surface area contributed by atoms with Gasteiger partial charge in [-0.3, -0.25) is 38.8 Å². The summed E-state index contributed by atoms with van der Waals surface area (Å²) in [5.74, 6) is -2.47. The average molecular weight is 2100 g/mol. The van der Waals surface area contributed by atoms with Crippen LogP contribution in [0, 0.1) is 16.7 Å². The highest BCUT2D eigenvalue weighted by atomic mass is 127. The van der Waals surface area contributed by atoms with Crippen LogP contribution >= 0.6 is 22.6 Å². The zero-order valence-corrected chi connectivity index (χ0v) is 92.9. The van der Waals surface area contributed by atoms with Gasteiger partial charge in [0.25, 0.3) is 0 Å². The van der Waals surface area contributed by atoms with E-state index in [2.05, 4.69) is 198 Å². The third-order valence-corrected chi connectivity index (χ3v) is 31.4. The maximum absolute atomic E-state index is 13.6. The number of fused-ring (bicyclic) bond motifs is 2. The fraction of sp³-hybridized carbons (Fsp3) is 0.593. The van der Waals surface area contributed by atoms with Gasteiger partial charge in [0, 0.05) is 191 Å². The van der Waals surface area contributed by atoms with Crippen LogP contribution in [0.1, 0.15) is 286 Å². The van der Waals surface area contributed by atoms with Gasteiger partial charge in [-0.1, -0.05) is 128 Å². The van der Waals surface area contributed by atoms with Gasteiger partial charge in [0.1, 0.15) is 29.6 Å². The molecule has 788 valence electrons. The summed E-state index contributed by atoms with van der Waals surface area (Å²) in [6, 6.07) is 39.2. The van der Waals surface area contributed by atoms with Gasteiger partial charge in [-0.2, -0.15) is 0 Å². The van der Waals surface area contributed by atoms with Gasteiger partial charge in [-0.15, -0.1) is 0 Å². The van der Waals surface area contributed by atoms with Gasteiger partial charge in [-0.05, 0) is 284 Å². The summed E-state index contributed by atoms with van der Waals surface area (Å²) in [5.41, 5.74) is 13.6. The number of ether oxygens (including phenoxy) is 7. The second kappa shape index (κ2) is 50.6. The molecule has 0 aliphatic carbocycles. The lowest BCUT2D eigenvalue weighted by molar-refractivity contribution is -0.158. The summed E-state index contributed by atoms with van der Waals surface area (Å²) >= 11 is 2.29. The van der Waals surface area contributed by atoms with E-state index in [4.69, 9.17) is 46.3 Å². The van der Waals surface area contributed by atoms with E-state index in [0.29, 0.717) is 51.7 Å². The lowest BCUT2D eigenvalue weighted by Crippen LogP contribution is -2.49. The third kappa shape index (κ3) is 29.7. The van der Waals surface area contributed by atoms with Gasteiger partial charge in [0.2, 0.25) is 0 Å². The standard InChI is InChI=1S/C34H44N4O3.C30H36N4O3.C27H42N2O4.C18H25IO3.C9H18N2O/c1-8-23-9-10-24(21-29(23)38-15-13-26(14-16-38)37-17-19-40-20-18-37)34(5,6)31-30(32(39)41-33(2,3)4)27-12-11-25(35-7)22-28(27)36-31;1-5-20-6-7-21(18-26(20)34-12-10-23(11-13-34)33-14-16-37-17-15-33)30(2,3)28-27(29(35)36)24-9-8-22(31-4)19-25(24)32-28;1-7-20-8-9-21(27(5,6)24(30)19-25(31)33-26(2,3)4)18-23(20)29-12-10-22(11-13-29)28-14-16-32-17-15-28;1-7-12-8-9-13(10-14(12)19)18(5,6)15(20)11-16(21)22-17(2,3)4;1-3-10-4-2-9(1)11-5-7-12-8-6-11/h9-12,21-22,26,36H,8,13-20H2,1-6H3;6-9,18-19,23,32H,5,10-17H2,1-3H3,(H,35,36);8-9,18,22H,7,10-17,19H2,1-6H3;8-10H,7,11H2,1-6H3;9-10H,1-8H2. The van der Waals surface area contributed by atoms with Crippen molar-refractivity contribution in [3.05, 3.63) is 203 Å². The molecule has 8 aliphatic rings. The maximum Gasteiger partial charge on any atom is 0.341 e. The zero-order valence-electron chi connectivity index (χ0n) is 90.7. The monoisotopic (exact) mass is 2100 g/mol. The summed E-state index contributed by atoms with van der Waals surface area (Å²) < 4.78 is 39.6. The van der Waals surface area contributed by atoms with Crippen molar-refractivity contribution in [3.8, 4) is 0 Å². The summed E-state index contributed by atoms with van der Waals surface area (Å²) in [7, 11) is 0. The van der Waals surface area contributed by atoms with Crippen molar-refractivity contribution in [1.29, 1.82) is 0 Å². The number of aromatic nitrogens is 2. The molecular formula is C118H165IN12O14. The summed E-state index contributed by atoms with van der Waals surface area (Å²) in [4.78, 5) is 108. The Balaban J connectivity index is 0.000000168. The van der Waals surface area contributed by atoms with Crippen LogP contribution in [0.3, 0.4) is 0 Å². The molecule has 6 aromatic carbocycles. The van der Waals surface area contributed by atoms with Crippen LogP contribution in [0.5, 0.6) is 0 Å². The summed E-state index contributed by atoms with van der Waals surface area (Å²) in [5, 5.41) is 15.0. The highest BCUT2D eigenvalue weighted by Gasteiger charge is 2.41. The van der Waals surface area contributed by atoms with Crippen LogP contribution in [-0.4, -0.2) is 269 Å². The molecule has 0 saturated carbocycles. The van der Waals surface area contributed by atoms with Gasteiger partial charge < -0.3 is 68.2 Å². The molecule has 0 radical (unpaired) electrons. The maximum atomic E-state index is 13.6. The van der Waals surface area contributed by atoms with Crippen molar-refractivity contribution in [1.82, 2.24) is 34.9 Å². The van der Waals surface area contributed by atoms with E-state index in [1.54, 1.807) is 45.0 Å². The van der Waals surface area contributed by atoms with Crippen molar-refractivity contribution in [3.63, 3.8) is 0 Å². The van der Waals surface area contributed by atoms with E-state index < -0.39 is 56.4 Å². The number of carboxylic acid groups (broad SMARTS) is 1. The molecule has 2 aromatic heterocycles. The van der Waals surface area contributed by atoms with E-state index >= 15 is 0 Å². The quantitative estimate of drug-likeness (QED) is 0.0136. The number of Topliss-reactive ketones (excluding diaryl/α,β-unsaturated/α-hetero) is 2. The van der Waals surface area contributed by atoms with Crippen LogP contribution < -0.4 is 20.0 Å². The minimum Gasteiger partial charge on any atom is -0.478 e. The molecule has 26 nitrogen and oxygen atoms in total. The van der Waals surface area contributed by atoms with Crippen molar-refractivity contribution in [2.45, 2.75) is 298 Å². The van der Waals surface area contributed by atoms with Gasteiger partial charge in [0.15, 0.2) is 22.9 Å². The number of H-pyrrole nitrogens is 2. The second-order valence-electron chi connectivity index (χ2n) is 45.1.